The zero-order valence-electron chi connectivity index (χ0n) is 16.7. The molecule has 0 fully saturated rings. The summed E-state index contributed by atoms with van der Waals surface area (Å²) in [5, 5.41) is 0. The van der Waals surface area contributed by atoms with Crippen molar-refractivity contribution >= 4 is 18.2 Å². The molecule has 2 aromatic rings. The van der Waals surface area contributed by atoms with Gasteiger partial charge in [0, 0.05) is 5.56 Å². The van der Waals surface area contributed by atoms with Crippen LogP contribution in [0, 0.1) is 0 Å². The van der Waals surface area contributed by atoms with Gasteiger partial charge in [0.05, 0.1) is 13.7 Å². The minimum atomic E-state index is 0.757. The van der Waals surface area contributed by atoms with Crippen LogP contribution in [0.4, 0.5) is 0 Å². The summed E-state index contributed by atoms with van der Waals surface area (Å²) in [6.07, 6.45) is 13.6. The molecule has 2 nitrogen and oxygen atoms in total. The second-order valence-corrected chi connectivity index (χ2v) is 6.72. The predicted molar refractivity (Wildman–Crippen MR) is 117 cm³/mol. The fraction of sp³-hybridized carbons (Fsp3) is 0.360. The third-order valence-corrected chi connectivity index (χ3v) is 4.60. The highest BCUT2D eigenvalue weighted by Gasteiger charge is 2.04. The first-order valence-electron chi connectivity index (χ1n) is 9.98. The Kier molecular flexibility index (Phi) is 9.26. The van der Waals surface area contributed by atoms with Gasteiger partial charge >= 0.3 is 0 Å². The number of hydrogen-bond acceptors (Lipinski definition) is 2. The summed E-state index contributed by atoms with van der Waals surface area (Å²) in [6.45, 7) is 6.80. The van der Waals surface area contributed by atoms with E-state index in [2.05, 4.69) is 49.9 Å². The summed E-state index contributed by atoms with van der Waals surface area (Å²) in [6, 6.07) is 14.3. The Hall–Kier alpha value is -2.48. The summed E-state index contributed by atoms with van der Waals surface area (Å²) >= 11 is 0. The summed E-state index contributed by atoms with van der Waals surface area (Å²) < 4.78 is 11.4. The van der Waals surface area contributed by atoms with Crippen LogP contribution in [-0.4, -0.2) is 13.7 Å². The molecule has 2 rings (SSSR count). The van der Waals surface area contributed by atoms with Crippen molar-refractivity contribution in [3.05, 3.63) is 65.7 Å². The lowest BCUT2D eigenvalue weighted by molar-refractivity contribution is 0.303. The van der Waals surface area contributed by atoms with Gasteiger partial charge in [-0.2, -0.15) is 0 Å². The van der Waals surface area contributed by atoms with Crippen molar-refractivity contribution in [3.8, 4) is 11.5 Å². The van der Waals surface area contributed by atoms with Gasteiger partial charge in [0.1, 0.15) is 11.5 Å². The Morgan fingerprint density at radius 1 is 0.852 bits per heavy atom. The number of rotatable bonds is 12. The van der Waals surface area contributed by atoms with E-state index >= 15 is 0 Å². The first kappa shape index (κ1) is 20.8. The van der Waals surface area contributed by atoms with Crippen LogP contribution < -0.4 is 9.47 Å². The van der Waals surface area contributed by atoms with E-state index < -0.39 is 0 Å². The summed E-state index contributed by atoms with van der Waals surface area (Å²) in [5.74, 6) is 1.74. The van der Waals surface area contributed by atoms with E-state index in [0.29, 0.717) is 0 Å². The maximum atomic E-state index is 6.05. The normalized spacial score (nSPS) is 10.9. The van der Waals surface area contributed by atoms with Crippen molar-refractivity contribution < 1.29 is 9.47 Å². The molecular formula is C25H32O2. The van der Waals surface area contributed by atoms with Gasteiger partial charge in [0.2, 0.25) is 0 Å². The summed E-state index contributed by atoms with van der Waals surface area (Å²) in [4.78, 5) is 0. The highest BCUT2D eigenvalue weighted by atomic mass is 16.5. The molecule has 0 heterocycles. The topological polar surface area (TPSA) is 18.5 Å². The van der Waals surface area contributed by atoms with E-state index in [1.54, 1.807) is 7.11 Å². The molecule has 0 atom stereocenters. The minimum Gasteiger partial charge on any atom is -0.497 e. The van der Waals surface area contributed by atoms with Gasteiger partial charge in [-0.05, 0) is 35.7 Å². The summed E-state index contributed by atoms with van der Waals surface area (Å²) in [7, 11) is 1.69. The molecule has 27 heavy (non-hydrogen) atoms. The molecular weight excluding hydrogens is 332 g/mol. The Morgan fingerprint density at radius 3 is 2.26 bits per heavy atom. The fourth-order valence-electron chi connectivity index (χ4n) is 2.91. The van der Waals surface area contributed by atoms with E-state index in [0.717, 1.165) is 41.2 Å². The average molecular weight is 365 g/mol. The molecule has 2 aromatic carbocycles. The summed E-state index contributed by atoms with van der Waals surface area (Å²) in [5.41, 5.74) is 3.30. The highest BCUT2D eigenvalue weighted by molar-refractivity contribution is 5.73. The van der Waals surface area contributed by atoms with Crippen LogP contribution in [0.5, 0.6) is 11.5 Å². The lowest BCUT2D eigenvalue weighted by atomic mass is 10.1. The van der Waals surface area contributed by atoms with Crippen LogP contribution in [0.2, 0.25) is 0 Å². The van der Waals surface area contributed by atoms with Crippen molar-refractivity contribution in [1.82, 2.24) is 0 Å². The number of benzene rings is 2. The smallest absolute Gasteiger partial charge is 0.126 e. The van der Waals surface area contributed by atoms with E-state index in [1.165, 1.54) is 32.1 Å². The molecule has 0 unspecified atom stereocenters. The van der Waals surface area contributed by atoms with Gasteiger partial charge in [-0.25, -0.2) is 0 Å². The monoisotopic (exact) mass is 364 g/mol. The Bertz CT molecular complexity index is 714. The van der Waals surface area contributed by atoms with Crippen molar-refractivity contribution in [2.24, 2.45) is 0 Å². The molecule has 0 aromatic heterocycles. The lowest BCUT2D eigenvalue weighted by Crippen LogP contribution is -1.99. The Labute approximate surface area is 164 Å². The van der Waals surface area contributed by atoms with Gasteiger partial charge < -0.3 is 9.47 Å². The zero-order valence-corrected chi connectivity index (χ0v) is 16.7. The maximum absolute atomic E-state index is 6.05. The minimum absolute atomic E-state index is 0.757. The second kappa shape index (κ2) is 12.0. The second-order valence-electron chi connectivity index (χ2n) is 6.72. The largest absolute Gasteiger partial charge is 0.497 e. The quantitative estimate of drug-likeness (QED) is 0.292. The molecule has 0 aliphatic rings. The van der Waals surface area contributed by atoms with Gasteiger partial charge in [0.15, 0.2) is 0 Å². The molecule has 0 aliphatic carbocycles. The predicted octanol–water partition coefficient (Wildman–Crippen LogP) is 7.25. The van der Waals surface area contributed by atoms with Crippen LogP contribution in [-0.2, 0) is 0 Å². The molecule has 0 spiro atoms. The van der Waals surface area contributed by atoms with Gasteiger partial charge in [0.25, 0.3) is 0 Å². The van der Waals surface area contributed by atoms with E-state index in [4.69, 9.17) is 9.47 Å². The van der Waals surface area contributed by atoms with Crippen LogP contribution in [0.25, 0.3) is 18.2 Å². The number of unbranched alkanes of at least 4 members (excludes halogenated alkanes) is 5. The standard InChI is InChI=1S/C25H32O2/c1-4-6-7-8-9-10-19-27-25-18-17-24(26-3)20-23(25)16-15-22-13-11-21(5-2)12-14-22/h5,11-18,20H,2,4,6-10,19H2,1,3H3/b16-15+. The van der Waals surface area contributed by atoms with E-state index in [1.807, 2.05) is 24.3 Å². The Morgan fingerprint density at radius 2 is 1.56 bits per heavy atom. The van der Waals surface area contributed by atoms with Crippen LogP contribution in [0.3, 0.4) is 0 Å². The molecule has 0 aliphatic heterocycles. The van der Waals surface area contributed by atoms with Crippen molar-refractivity contribution in [3.63, 3.8) is 0 Å². The Balaban J connectivity index is 1.98. The molecule has 0 saturated carbocycles. The molecule has 0 amide bonds. The van der Waals surface area contributed by atoms with E-state index in [-0.39, 0.29) is 0 Å². The average Bonchev–Trinajstić information content (AvgIpc) is 2.72. The maximum Gasteiger partial charge on any atom is 0.126 e. The van der Waals surface area contributed by atoms with Crippen molar-refractivity contribution in [2.75, 3.05) is 13.7 Å². The van der Waals surface area contributed by atoms with Gasteiger partial charge in [-0.15, -0.1) is 0 Å². The van der Waals surface area contributed by atoms with Crippen LogP contribution >= 0.6 is 0 Å². The van der Waals surface area contributed by atoms with Crippen molar-refractivity contribution in [2.45, 2.75) is 45.4 Å². The SMILES string of the molecule is C=Cc1ccc(/C=C/c2cc(OC)ccc2OCCCCCCCC)cc1. The van der Waals surface area contributed by atoms with Gasteiger partial charge in [-0.1, -0.05) is 88.1 Å². The third-order valence-electron chi connectivity index (χ3n) is 4.60. The van der Waals surface area contributed by atoms with Crippen LogP contribution in [0.15, 0.2) is 49.0 Å². The molecule has 0 radical (unpaired) electrons. The first-order chi connectivity index (χ1) is 13.3. The van der Waals surface area contributed by atoms with Gasteiger partial charge in [-0.3, -0.25) is 0 Å². The number of methoxy groups -OCH3 is 1. The molecule has 0 N–H and O–H groups in total. The number of ether oxygens (including phenoxy) is 2. The zero-order chi connectivity index (χ0) is 19.3. The third kappa shape index (κ3) is 7.34. The molecule has 0 saturated heterocycles. The fourth-order valence-corrected chi connectivity index (χ4v) is 2.91. The first-order valence-corrected chi connectivity index (χ1v) is 9.98. The molecule has 2 heteroatoms. The highest BCUT2D eigenvalue weighted by Crippen LogP contribution is 2.26. The molecule has 144 valence electrons. The molecule has 0 bridgehead atoms. The number of hydrogen-bond donors (Lipinski definition) is 0. The van der Waals surface area contributed by atoms with Crippen LogP contribution in [0.1, 0.15) is 62.1 Å². The van der Waals surface area contributed by atoms with Crippen molar-refractivity contribution in [1.29, 1.82) is 0 Å². The van der Waals surface area contributed by atoms with E-state index in [9.17, 15) is 0 Å². The lowest BCUT2D eigenvalue weighted by Gasteiger charge is -2.11.